The number of nitrogens with zero attached hydrogens (tertiary/aromatic N) is 1. The highest BCUT2D eigenvalue weighted by atomic mass is 32.2. The van der Waals surface area contributed by atoms with Crippen LogP contribution in [0.5, 0.6) is 0 Å². The molecule has 4 aliphatic rings. The molecule has 160 valence electrons. The molecule has 0 radical (unpaired) electrons. The van der Waals surface area contributed by atoms with E-state index in [0.29, 0.717) is 0 Å². The smallest absolute Gasteiger partial charge is 0.250 e. The fraction of sp³-hybridized carbons (Fsp3) is 0.609. The summed E-state index contributed by atoms with van der Waals surface area (Å²) >= 11 is 1.72. The van der Waals surface area contributed by atoms with E-state index < -0.39 is 17.4 Å². The van der Waals surface area contributed by atoms with Gasteiger partial charge < -0.3 is 5.32 Å². The first-order chi connectivity index (χ1) is 14.6. The average molecular weight is 428 g/mol. The second-order valence-electron chi connectivity index (χ2n) is 9.04. The first kappa shape index (κ1) is 20.1. The van der Waals surface area contributed by atoms with Crippen LogP contribution < -0.4 is 10.6 Å². The number of thioether (sulfide) groups is 1. The van der Waals surface area contributed by atoms with E-state index in [1.807, 2.05) is 30.5 Å². The summed E-state index contributed by atoms with van der Waals surface area (Å²) in [6, 6.07) is 7.38. The second-order valence-corrected chi connectivity index (χ2v) is 10.0. The molecule has 0 bridgehead atoms. The van der Waals surface area contributed by atoms with E-state index in [1.165, 1.54) is 0 Å². The Morgan fingerprint density at radius 3 is 2.53 bits per heavy atom. The number of nitrogens with one attached hydrogen (secondary N) is 2. The van der Waals surface area contributed by atoms with Gasteiger partial charge in [0.1, 0.15) is 5.54 Å². The van der Waals surface area contributed by atoms with Gasteiger partial charge in [0, 0.05) is 23.3 Å². The zero-order valence-electron chi connectivity index (χ0n) is 17.4. The van der Waals surface area contributed by atoms with Crippen molar-refractivity contribution in [2.75, 3.05) is 17.3 Å². The lowest BCUT2D eigenvalue weighted by molar-refractivity contribution is -0.145. The van der Waals surface area contributed by atoms with Crippen LogP contribution in [0.15, 0.2) is 24.3 Å². The Morgan fingerprint density at radius 1 is 1.07 bits per heavy atom. The van der Waals surface area contributed by atoms with E-state index in [4.69, 9.17) is 0 Å². The van der Waals surface area contributed by atoms with Gasteiger partial charge in [-0.15, -0.1) is 0 Å². The molecule has 1 aromatic carbocycles. The highest BCUT2D eigenvalue weighted by molar-refractivity contribution is 7.98. The van der Waals surface area contributed by atoms with E-state index in [0.717, 1.165) is 61.9 Å². The summed E-state index contributed by atoms with van der Waals surface area (Å²) in [6.45, 7) is 0. The summed E-state index contributed by atoms with van der Waals surface area (Å²) in [5, 5.41) is 6.48. The van der Waals surface area contributed by atoms with E-state index in [1.54, 1.807) is 16.7 Å². The van der Waals surface area contributed by atoms with Crippen molar-refractivity contribution in [1.82, 2.24) is 10.2 Å². The molecule has 1 saturated carbocycles. The van der Waals surface area contributed by atoms with Gasteiger partial charge in [0.2, 0.25) is 17.7 Å². The minimum atomic E-state index is -1.14. The predicted molar refractivity (Wildman–Crippen MR) is 117 cm³/mol. The number of amides is 3. The van der Waals surface area contributed by atoms with Crippen LogP contribution in [0.25, 0.3) is 0 Å². The van der Waals surface area contributed by atoms with E-state index >= 15 is 0 Å². The lowest BCUT2D eigenvalue weighted by Gasteiger charge is -2.32. The third kappa shape index (κ3) is 2.78. The van der Waals surface area contributed by atoms with Crippen LogP contribution in [-0.4, -0.2) is 46.7 Å². The van der Waals surface area contributed by atoms with Crippen molar-refractivity contribution in [3.05, 3.63) is 29.8 Å². The number of hydrogen-bond acceptors (Lipinski definition) is 5. The number of carbonyl (C=O) groups excluding carboxylic acids is 3. The molecular weight excluding hydrogens is 398 g/mol. The van der Waals surface area contributed by atoms with Crippen molar-refractivity contribution in [2.24, 2.45) is 11.8 Å². The maximum absolute atomic E-state index is 13.8. The molecule has 3 aliphatic heterocycles. The molecule has 3 heterocycles. The highest BCUT2D eigenvalue weighted by Gasteiger charge is 2.70. The Balaban J connectivity index is 1.58. The number of rotatable bonds is 4. The van der Waals surface area contributed by atoms with Gasteiger partial charge in [0.25, 0.3) is 0 Å². The van der Waals surface area contributed by atoms with E-state index in [2.05, 4.69) is 10.6 Å². The molecule has 7 heteroatoms. The van der Waals surface area contributed by atoms with Crippen molar-refractivity contribution in [3.63, 3.8) is 0 Å². The molecule has 5 rings (SSSR count). The molecule has 30 heavy (non-hydrogen) atoms. The maximum Gasteiger partial charge on any atom is 0.250 e. The van der Waals surface area contributed by atoms with Gasteiger partial charge in [0.15, 0.2) is 0 Å². The van der Waals surface area contributed by atoms with Crippen LogP contribution >= 0.6 is 11.8 Å². The number of imide groups is 1. The fourth-order valence-electron chi connectivity index (χ4n) is 6.15. The summed E-state index contributed by atoms with van der Waals surface area (Å²) < 4.78 is 0. The highest BCUT2D eigenvalue weighted by Crippen LogP contribution is 2.54. The normalized spacial score (nSPS) is 33.7. The zero-order valence-corrected chi connectivity index (χ0v) is 18.2. The Labute approximate surface area is 181 Å². The quantitative estimate of drug-likeness (QED) is 0.571. The third-order valence-electron chi connectivity index (χ3n) is 7.48. The number of likely N-dealkylation sites (tertiary alicyclic amines) is 1. The Morgan fingerprint density at radius 2 is 1.80 bits per heavy atom. The van der Waals surface area contributed by atoms with Gasteiger partial charge in [-0.2, -0.15) is 11.8 Å². The SMILES string of the molecule is CSCCC1NC2(C(=O)Nc3ccccc32)[C@@H]2C(=O)N(C3CCCCCC3)C(=O)[C@H]12. The minimum absolute atomic E-state index is 0.0175. The second kappa shape index (κ2) is 7.68. The summed E-state index contributed by atoms with van der Waals surface area (Å²) in [6.07, 6.45) is 9.01. The lowest BCUT2D eigenvalue weighted by atomic mass is 9.76. The summed E-state index contributed by atoms with van der Waals surface area (Å²) in [5.74, 6) is -0.666. The predicted octanol–water partition coefficient (Wildman–Crippen LogP) is 2.88. The summed E-state index contributed by atoms with van der Waals surface area (Å²) in [4.78, 5) is 42.4. The van der Waals surface area contributed by atoms with Gasteiger partial charge in [0.05, 0.1) is 11.8 Å². The maximum atomic E-state index is 13.8. The molecule has 3 amide bonds. The third-order valence-corrected chi connectivity index (χ3v) is 8.12. The van der Waals surface area contributed by atoms with Crippen LogP contribution in [0.4, 0.5) is 5.69 Å². The van der Waals surface area contributed by atoms with Crippen molar-refractivity contribution in [2.45, 2.75) is 62.6 Å². The lowest BCUT2D eigenvalue weighted by Crippen LogP contribution is -2.54. The molecule has 4 atom stereocenters. The standard InChI is InChI=1S/C23H29N3O3S/c1-30-13-12-17-18-19(21(28)26(20(18)27)14-8-4-2-3-5-9-14)23(25-17)15-10-6-7-11-16(15)24-22(23)29/h6-7,10-11,14,17-19,25H,2-5,8-9,12-13H2,1H3,(H,24,29)/t17?,18-,19+,23?/m1/s1. The molecule has 6 nitrogen and oxygen atoms in total. The van der Waals surface area contributed by atoms with Crippen LogP contribution in [0, 0.1) is 11.8 Å². The van der Waals surface area contributed by atoms with Gasteiger partial charge >= 0.3 is 0 Å². The Hall–Kier alpha value is -1.86. The molecular formula is C23H29N3O3S. The number of carbonyl (C=O) groups is 3. The Kier molecular flexibility index (Phi) is 5.14. The number of benzene rings is 1. The average Bonchev–Trinajstić information content (AvgIpc) is 3.21. The van der Waals surface area contributed by atoms with Gasteiger partial charge in [-0.05, 0) is 37.3 Å². The number of fused-ring (bicyclic) bond motifs is 4. The molecule has 2 unspecified atom stereocenters. The molecule has 1 spiro atoms. The van der Waals surface area contributed by atoms with Crippen LogP contribution in [-0.2, 0) is 19.9 Å². The van der Waals surface area contributed by atoms with Crippen LogP contribution in [0.1, 0.15) is 50.5 Å². The Bertz CT molecular complexity index is 882. The summed E-state index contributed by atoms with van der Waals surface area (Å²) in [5.41, 5.74) is 0.407. The molecule has 1 aliphatic carbocycles. The molecule has 2 N–H and O–H groups in total. The largest absolute Gasteiger partial charge is 0.324 e. The fourth-order valence-corrected chi connectivity index (χ4v) is 6.64. The molecule has 2 saturated heterocycles. The molecule has 1 aromatic rings. The van der Waals surface area contributed by atoms with Crippen molar-refractivity contribution < 1.29 is 14.4 Å². The number of hydrogen-bond donors (Lipinski definition) is 2. The van der Waals surface area contributed by atoms with E-state index in [9.17, 15) is 14.4 Å². The van der Waals surface area contributed by atoms with Crippen LogP contribution in [0.3, 0.4) is 0 Å². The zero-order chi connectivity index (χ0) is 20.9. The van der Waals surface area contributed by atoms with Gasteiger partial charge in [-0.25, -0.2) is 0 Å². The van der Waals surface area contributed by atoms with Crippen molar-refractivity contribution in [3.8, 4) is 0 Å². The first-order valence-electron chi connectivity index (χ1n) is 11.1. The number of anilines is 1. The van der Waals surface area contributed by atoms with Crippen molar-refractivity contribution in [1.29, 1.82) is 0 Å². The topological polar surface area (TPSA) is 78.5 Å². The molecule has 3 fully saturated rings. The molecule has 0 aromatic heterocycles. The van der Waals surface area contributed by atoms with Gasteiger partial charge in [-0.1, -0.05) is 43.9 Å². The van der Waals surface area contributed by atoms with Gasteiger partial charge in [-0.3, -0.25) is 24.6 Å². The number of para-hydroxylation sites is 1. The van der Waals surface area contributed by atoms with E-state index in [-0.39, 0.29) is 29.8 Å². The first-order valence-corrected chi connectivity index (χ1v) is 12.5. The monoisotopic (exact) mass is 427 g/mol. The minimum Gasteiger partial charge on any atom is -0.324 e. The summed E-state index contributed by atoms with van der Waals surface area (Å²) in [7, 11) is 0. The van der Waals surface area contributed by atoms with Crippen molar-refractivity contribution >= 4 is 35.2 Å². The van der Waals surface area contributed by atoms with Crippen LogP contribution in [0.2, 0.25) is 0 Å².